The summed E-state index contributed by atoms with van der Waals surface area (Å²) in [6, 6.07) is 0. The van der Waals surface area contributed by atoms with Gasteiger partial charge in [0.2, 0.25) is 0 Å². The fourth-order valence-corrected chi connectivity index (χ4v) is 4.01. The molecule has 2 saturated heterocycles. The lowest BCUT2D eigenvalue weighted by atomic mass is 10.2. The molecule has 3 heterocycles. The average Bonchev–Trinajstić information content (AvgIpc) is 3.05. The number of carbonyl (C=O) groups is 1. The minimum Gasteiger partial charge on any atom is -0.382 e. The van der Waals surface area contributed by atoms with Crippen LogP contribution in [0.25, 0.3) is 0 Å². The molecule has 0 saturated carbocycles. The Hall–Kier alpha value is -1.34. The second kappa shape index (κ2) is 5.81. The molecule has 2 aliphatic heterocycles. The Bertz CT molecular complexity index is 517. The van der Waals surface area contributed by atoms with Crippen LogP contribution in [0.1, 0.15) is 36.4 Å². The highest BCUT2D eigenvalue weighted by molar-refractivity contribution is 7.18. The van der Waals surface area contributed by atoms with E-state index in [1.807, 2.05) is 18.7 Å². The number of hydrogen-bond acceptors (Lipinski definition) is 6. The fourth-order valence-electron chi connectivity index (χ4n) is 3.00. The van der Waals surface area contributed by atoms with Crippen LogP contribution in [-0.2, 0) is 4.74 Å². The number of thiazole rings is 1. The lowest BCUT2D eigenvalue weighted by Crippen LogP contribution is -2.48. The molecule has 1 aromatic heterocycles. The van der Waals surface area contributed by atoms with Crippen LogP contribution in [0.4, 0.5) is 10.9 Å². The lowest BCUT2D eigenvalue weighted by molar-refractivity contribution is -0.0584. The molecular weight excluding hydrogens is 288 g/mol. The Morgan fingerprint density at radius 2 is 1.90 bits per heavy atom. The summed E-state index contributed by atoms with van der Waals surface area (Å²) in [4.78, 5) is 21.7. The smallest absolute Gasteiger partial charge is 0.268 e. The maximum Gasteiger partial charge on any atom is 0.268 e. The fraction of sp³-hybridized carbons (Fsp3) is 0.714. The summed E-state index contributed by atoms with van der Waals surface area (Å²) < 4.78 is 5.67. The van der Waals surface area contributed by atoms with E-state index >= 15 is 0 Å². The molecule has 0 aliphatic carbocycles. The van der Waals surface area contributed by atoms with Gasteiger partial charge in [-0.25, -0.2) is 4.98 Å². The van der Waals surface area contributed by atoms with Crippen molar-refractivity contribution in [1.29, 1.82) is 0 Å². The third-order valence-corrected chi connectivity index (χ3v) is 5.04. The van der Waals surface area contributed by atoms with Crippen molar-refractivity contribution in [2.24, 2.45) is 0 Å². The first-order chi connectivity index (χ1) is 10.0. The minimum absolute atomic E-state index is 0.0163. The molecular formula is C14H22N4O2S. The van der Waals surface area contributed by atoms with Gasteiger partial charge in [0.25, 0.3) is 5.91 Å². The van der Waals surface area contributed by atoms with Gasteiger partial charge in [-0.05, 0) is 26.7 Å². The SMILES string of the molecule is C[C@@H]1CN(C(=O)c2sc(N3CCCC3)nc2N)C[C@H](C)O1. The van der Waals surface area contributed by atoms with E-state index in [-0.39, 0.29) is 18.1 Å². The van der Waals surface area contributed by atoms with Crippen LogP contribution in [0.5, 0.6) is 0 Å². The van der Waals surface area contributed by atoms with Crippen molar-refractivity contribution < 1.29 is 9.53 Å². The largest absolute Gasteiger partial charge is 0.382 e. The van der Waals surface area contributed by atoms with Gasteiger partial charge in [0, 0.05) is 26.2 Å². The van der Waals surface area contributed by atoms with Crippen LogP contribution in [0.2, 0.25) is 0 Å². The first-order valence-electron chi connectivity index (χ1n) is 7.50. The van der Waals surface area contributed by atoms with Gasteiger partial charge >= 0.3 is 0 Å². The lowest BCUT2D eigenvalue weighted by Gasteiger charge is -2.35. The number of amides is 1. The summed E-state index contributed by atoms with van der Waals surface area (Å²) in [6.45, 7) is 7.21. The van der Waals surface area contributed by atoms with Crippen molar-refractivity contribution in [2.75, 3.05) is 36.8 Å². The Kier molecular flexibility index (Phi) is 4.03. The molecule has 7 heteroatoms. The number of anilines is 2. The number of rotatable bonds is 2. The van der Waals surface area contributed by atoms with Gasteiger partial charge in [-0.2, -0.15) is 0 Å². The van der Waals surface area contributed by atoms with E-state index in [4.69, 9.17) is 10.5 Å². The monoisotopic (exact) mass is 310 g/mol. The number of nitrogens with zero attached hydrogens (tertiary/aromatic N) is 3. The number of nitrogen functional groups attached to an aromatic ring is 1. The van der Waals surface area contributed by atoms with E-state index in [0.29, 0.717) is 23.8 Å². The van der Waals surface area contributed by atoms with E-state index < -0.39 is 0 Å². The van der Waals surface area contributed by atoms with Crippen molar-refractivity contribution in [3.8, 4) is 0 Å². The standard InChI is InChI=1S/C14H22N4O2S/c1-9-7-18(8-10(2)20-9)13(19)11-12(15)16-14(21-11)17-5-3-4-6-17/h9-10H,3-8,15H2,1-2H3/t9-,10+. The summed E-state index contributed by atoms with van der Waals surface area (Å²) in [5.41, 5.74) is 5.98. The number of ether oxygens (including phenoxy) is 1. The quantitative estimate of drug-likeness (QED) is 0.898. The summed E-state index contributed by atoms with van der Waals surface area (Å²) in [5, 5.41) is 0.878. The molecule has 0 bridgehead atoms. The minimum atomic E-state index is -0.0163. The second-order valence-corrected chi connectivity index (χ2v) is 6.85. The van der Waals surface area contributed by atoms with Crippen LogP contribution in [-0.4, -0.2) is 54.2 Å². The highest BCUT2D eigenvalue weighted by Gasteiger charge is 2.30. The first-order valence-corrected chi connectivity index (χ1v) is 8.32. The highest BCUT2D eigenvalue weighted by Crippen LogP contribution is 2.31. The van der Waals surface area contributed by atoms with Gasteiger partial charge in [0.15, 0.2) is 5.13 Å². The molecule has 3 rings (SSSR count). The molecule has 1 aromatic rings. The Morgan fingerprint density at radius 3 is 2.52 bits per heavy atom. The molecule has 2 fully saturated rings. The molecule has 1 amide bonds. The van der Waals surface area contributed by atoms with E-state index in [9.17, 15) is 4.79 Å². The molecule has 0 radical (unpaired) electrons. The van der Waals surface area contributed by atoms with Crippen LogP contribution in [0.15, 0.2) is 0 Å². The van der Waals surface area contributed by atoms with E-state index in [1.165, 1.54) is 24.2 Å². The van der Waals surface area contributed by atoms with Gasteiger partial charge in [-0.3, -0.25) is 4.79 Å². The predicted molar refractivity (Wildman–Crippen MR) is 83.9 cm³/mol. The summed E-state index contributed by atoms with van der Waals surface area (Å²) in [6.07, 6.45) is 2.48. The summed E-state index contributed by atoms with van der Waals surface area (Å²) in [7, 11) is 0. The molecule has 0 spiro atoms. The molecule has 116 valence electrons. The molecule has 2 N–H and O–H groups in total. The molecule has 6 nitrogen and oxygen atoms in total. The predicted octanol–water partition coefficient (Wildman–Crippen LogP) is 1.57. The number of carbonyl (C=O) groups excluding carboxylic acids is 1. The third kappa shape index (κ3) is 2.98. The molecule has 21 heavy (non-hydrogen) atoms. The van der Waals surface area contributed by atoms with E-state index in [1.54, 1.807) is 0 Å². The average molecular weight is 310 g/mol. The number of hydrogen-bond donors (Lipinski definition) is 1. The van der Waals surface area contributed by atoms with Crippen LogP contribution < -0.4 is 10.6 Å². The van der Waals surface area contributed by atoms with Gasteiger partial charge < -0.3 is 20.3 Å². The Balaban J connectivity index is 1.77. The number of aromatic nitrogens is 1. The zero-order valence-corrected chi connectivity index (χ0v) is 13.4. The van der Waals surface area contributed by atoms with Crippen molar-refractivity contribution in [3.63, 3.8) is 0 Å². The maximum atomic E-state index is 12.7. The molecule has 2 aliphatic rings. The van der Waals surface area contributed by atoms with Crippen LogP contribution in [0, 0.1) is 0 Å². The zero-order chi connectivity index (χ0) is 15.0. The Labute approximate surface area is 128 Å². The van der Waals surface area contributed by atoms with Crippen molar-refractivity contribution >= 4 is 28.2 Å². The second-order valence-electron chi connectivity index (χ2n) is 5.87. The van der Waals surface area contributed by atoms with Crippen molar-refractivity contribution in [3.05, 3.63) is 4.88 Å². The maximum absolute atomic E-state index is 12.7. The zero-order valence-electron chi connectivity index (χ0n) is 12.5. The van der Waals surface area contributed by atoms with E-state index in [2.05, 4.69) is 9.88 Å². The summed E-state index contributed by atoms with van der Waals surface area (Å²) >= 11 is 1.42. The molecule has 0 aromatic carbocycles. The van der Waals surface area contributed by atoms with Gasteiger partial charge in [0.05, 0.1) is 12.2 Å². The Morgan fingerprint density at radius 1 is 1.29 bits per heavy atom. The summed E-state index contributed by atoms with van der Waals surface area (Å²) in [5.74, 6) is 0.344. The van der Waals surface area contributed by atoms with Crippen molar-refractivity contribution in [2.45, 2.75) is 38.9 Å². The molecule has 2 atom stereocenters. The number of morpholine rings is 1. The van der Waals surface area contributed by atoms with Gasteiger partial charge in [-0.1, -0.05) is 11.3 Å². The number of nitrogens with two attached hydrogens (primary N) is 1. The normalized spacial score (nSPS) is 26.4. The van der Waals surface area contributed by atoms with E-state index in [0.717, 1.165) is 18.2 Å². The molecule has 0 unspecified atom stereocenters. The third-order valence-electron chi connectivity index (χ3n) is 3.92. The first kappa shape index (κ1) is 14.6. The van der Waals surface area contributed by atoms with Gasteiger partial charge in [0.1, 0.15) is 10.7 Å². The topological polar surface area (TPSA) is 71.7 Å². The van der Waals surface area contributed by atoms with Crippen molar-refractivity contribution in [1.82, 2.24) is 9.88 Å². The van der Waals surface area contributed by atoms with Crippen LogP contribution >= 0.6 is 11.3 Å². The van der Waals surface area contributed by atoms with Crippen LogP contribution in [0.3, 0.4) is 0 Å². The highest BCUT2D eigenvalue weighted by atomic mass is 32.1. The van der Waals surface area contributed by atoms with Gasteiger partial charge in [-0.15, -0.1) is 0 Å².